The fraction of sp³-hybridized carbons (Fsp3) is 0.611. The Bertz CT molecular complexity index is 453. The molecular formula is C18H28O5. The average molecular weight is 324 g/mol. The van der Waals surface area contributed by atoms with Gasteiger partial charge in [0.15, 0.2) is 0 Å². The van der Waals surface area contributed by atoms with E-state index < -0.39 is 5.60 Å². The van der Waals surface area contributed by atoms with Crippen LogP contribution in [0.3, 0.4) is 0 Å². The van der Waals surface area contributed by atoms with Crippen molar-refractivity contribution in [2.75, 3.05) is 40.1 Å². The van der Waals surface area contributed by atoms with Gasteiger partial charge in [-0.15, -0.1) is 0 Å². The average Bonchev–Trinajstić information content (AvgIpc) is 2.53. The first-order valence-electron chi connectivity index (χ1n) is 7.95. The van der Waals surface area contributed by atoms with Crippen molar-refractivity contribution in [2.45, 2.75) is 32.8 Å². The maximum Gasteiger partial charge on any atom is 0.332 e. The van der Waals surface area contributed by atoms with E-state index >= 15 is 0 Å². The number of hydrogen-bond donors (Lipinski definition) is 0. The van der Waals surface area contributed by atoms with Crippen molar-refractivity contribution < 1.29 is 23.7 Å². The minimum atomic E-state index is -0.679. The summed E-state index contributed by atoms with van der Waals surface area (Å²) in [5.41, 5.74) is 1.54. The largest absolute Gasteiger partial charge is 0.453 e. The van der Waals surface area contributed by atoms with Crippen molar-refractivity contribution in [2.24, 2.45) is 0 Å². The number of benzene rings is 1. The van der Waals surface area contributed by atoms with Gasteiger partial charge in [0, 0.05) is 7.11 Å². The summed E-state index contributed by atoms with van der Waals surface area (Å²) in [6, 6.07) is 8.10. The Hall–Kier alpha value is -1.43. The summed E-state index contributed by atoms with van der Waals surface area (Å²) in [5.74, 6) is -0.383. The van der Waals surface area contributed by atoms with E-state index in [9.17, 15) is 4.79 Å². The second-order valence-electron chi connectivity index (χ2n) is 5.69. The molecule has 0 amide bonds. The molecule has 0 saturated carbocycles. The zero-order chi connectivity index (χ0) is 17.1. The van der Waals surface area contributed by atoms with Crippen LogP contribution in [0.2, 0.25) is 0 Å². The van der Waals surface area contributed by atoms with E-state index in [1.807, 2.05) is 26.0 Å². The van der Waals surface area contributed by atoms with Crippen LogP contribution in [0.1, 0.15) is 31.9 Å². The predicted molar refractivity (Wildman–Crippen MR) is 88.5 cm³/mol. The number of esters is 1. The maximum absolute atomic E-state index is 11.9. The molecule has 0 aliphatic carbocycles. The van der Waals surface area contributed by atoms with E-state index in [0.717, 1.165) is 12.0 Å². The van der Waals surface area contributed by atoms with Crippen LogP contribution in [0.5, 0.6) is 0 Å². The molecule has 0 spiro atoms. The van der Waals surface area contributed by atoms with Crippen molar-refractivity contribution in [1.82, 2.24) is 0 Å². The van der Waals surface area contributed by atoms with Crippen LogP contribution >= 0.6 is 0 Å². The lowest BCUT2D eigenvalue weighted by molar-refractivity contribution is -0.163. The molecule has 0 atom stereocenters. The van der Waals surface area contributed by atoms with Gasteiger partial charge in [-0.05, 0) is 31.4 Å². The highest BCUT2D eigenvalue weighted by molar-refractivity contribution is 5.71. The van der Waals surface area contributed by atoms with E-state index in [0.29, 0.717) is 26.4 Å². The molecule has 0 aromatic heterocycles. The number of methoxy groups -OCH3 is 1. The summed E-state index contributed by atoms with van der Waals surface area (Å²) < 4.78 is 20.9. The van der Waals surface area contributed by atoms with E-state index in [2.05, 4.69) is 19.1 Å². The van der Waals surface area contributed by atoms with Gasteiger partial charge in [-0.3, -0.25) is 0 Å². The summed E-state index contributed by atoms with van der Waals surface area (Å²) >= 11 is 0. The van der Waals surface area contributed by atoms with E-state index in [-0.39, 0.29) is 12.6 Å². The van der Waals surface area contributed by atoms with Crippen LogP contribution < -0.4 is 0 Å². The highest BCUT2D eigenvalue weighted by Crippen LogP contribution is 2.25. The Balaban J connectivity index is 2.31. The first-order chi connectivity index (χ1) is 11.0. The molecular weight excluding hydrogens is 296 g/mol. The third-order valence-electron chi connectivity index (χ3n) is 3.45. The van der Waals surface area contributed by atoms with Crippen LogP contribution in [-0.2, 0) is 35.8 Å². The van der Waals surface area contributed by atoms with Crippen LogP contribution in [0.25, 0.3) is 0 Å². The van der Waals surface area contributed by atoms with Gasteiger partial charge in [-0.2, -0.15) is 0 Å². The molecule has 1 aromatic rings. The molecule has 0 radical (unpaired) electrons. The van der Waals surface area contributed by atoms with E-state index in [4.69, 9.17) is 18.9 Å². The third-order valence-corrected chi connectivity index (χ3v) is 3.45. The van der Waals surface area contributed by atoms with Gasteiger partial charge in [0.05, 0.1) is 26.4 Å². The summed E-state index contributed by atoms with van der Waals surface area (Å²) in [5, 5.41) is 0. The molecule has 5 nitrogen and oxygen atoms in total. The molecule has 0 unspecified atom stereocenters. The standard InChI is InChI=1S/C18H28O5/c1-5-15-6-8-16(9-7-15)18(2,3)23-17(19)14-22-13-12-21-11-10-20-4/h6-9H,5,10-14H2,1-4H3. The zero-order valence-electron chi connectivity index (χ0n) is 14.6. The Morgan fingerprint density at radius 2 is 1.61 bits per heavy atom. The highest BCUT2D eigenvalue weighted by Gasteiger charge is 2.25. The van der Waals surface area contributed by atoms with Crippen molar-refractivity contribution in [3.8, 4) is 0 Å². The Morgan fingerprint density at radius 3 is 2.22 bits per heavy atom. The fourth-order valence-corrected chi connectivity index (χ4v) is 2.03. The Labute approximate surface area is 138 Å². The SMILES string of the molecule is CCc1ccc(C(C)(C)OC(=O)COCCOCCOC)cc1. The molecule has 130 valence electrons. The normalized spacial score (nSPS) is 11.5. The number of rotatable bonds is 11. The van der Waals surface area contributed by atoms with Crippen LogP contribution in [-0.4, -0.2) is 46.1 Å². The Morgan fingerprint density at radius 1 is 1.00 bits per heavy atom. The Kier molecular flexibility index (Phi) is 8.84. The molecule has 0 bridgehead atoms. The first kappa shape index (κ1) is 19.6. The van der Waals surface area contributed by atoms with Gasteiger partial charge in [-0.25, -0.2) is 4.79 Å². The molecule has 0 heterocycles. The van der Waals surface area contributed by atoms with Crippen LogP contribution in [0.15, 0.2) is 24.3 Å². The molecule has 1 aromatic carbocycles. The summed E-state index contributed by atoms with van der Waals surface area (Å²) in [6.45, 7) is 7.63. The van der Waals surface area contributed by atoms with Gasteiger partial charge in [0.2, 0.25) is 0 Å². The van der Waals surface area contributed by atoms with Gasteiger partial charge in [0.1, 0.15) is 12.2 Å². The van der Waals surface area contributed by atoms with Gasteiger partial charge < -0.3 is 18.9 Å². The fourth-order valence-electron chi connectivity index (χ4n) is 2.03. The molecule has 5 heteroatoms. The number of hydrogen-bond acceptors (Lipinski definition) is 5. The van der Waals surface area contributed by atoms with E-state index in [1.54, 1.807) is 7.11 Å². The molecule has 0 aliphatic heterocycles. The van der Waals surface area contributed by atoms with Crippen LogP contribution in [0, 0.1) is 0 Å². The van der Waals surface area contributed by atoms with Crippen molar-refractivity contribution in [3.05, 3.63) is 35.4 Å². The molecule has 1 rings (SSSR count). The quantitative estimate of drug-likeness (QED) is 0.463. The lowest BCUT2D eigenvalue weighted by atomic mass is 9.96. The van der Waals surface area contributed by atoms with Gasteiger partial charge in [0.25, 0.3) is 0 Å². The molecule has 23 heavy (non-hydrogen) atoms. The third kappa shape index (κ3) is 7.59. The zero-order valence-corrected chi connectivity index (χ0v) is 14.6. The summed E-state index contributed by atoms with van der Waals surface area (Å²) in [4.78, 5) is 11.9. The number of carbonyl (C=O) groups excluding carboxylic acids is 1. The summed E-state index contributed by atoms with van der Waals surface area (Å²) in [6.07, 6.45) is 0.987. The topological polar surface area (TPSA) is 54.0 Å². The summed E-state index contributed by atoms with van der Waals surface area (Å²) in [7, 11) is 1.62. The van der Waals surface area contributed by atoms with Crippen molar-refractivity contribution in [3.63, 3.8) is 0 Å². The monoisotopic (exact) mass is 324 g/mol. The smallest absolute Gasteiger partial charge is 0.332 e. The number of carbonyl (C=O) groups is 1. The number of ether oxygens (including phenoxy) is 4. The second-order valence-corrected chi connectivity index (χ2v) is 5.69. The van der Waals surface area contributed by atoms with Crippen molar-refractivity contribution >= 4 is 5.97 Å². The van der Waals surface area contributed by atoms with Gasteiger partial charge in [-0.1, -0.05) is 31.2 Å². The van der Waals surface area contributed by atoms with Crippen LogP contribution in [0.4, 0.5) is 0 Å². The molecule has 0 N–H and O–H groups in total. The minimum absolute atomic E-state index is 0.0793. The molecule has 0 fully saturated rings. The predicted octanol–water partition coefficient (Wildman–Crippen LogP) is 2.71. The molecule has 0 aliphatic rings. The lowest BCUT2D eigenvalue weighted by Gasteiger charge is -2.26. The van der Waals surface area contributed by atoms with E-state index in [1.165, 1.54) is 5.56 Å². The molecule has 0 saturated heterocycles. The first-order valence-corrected chi connectivity index (χ1v) is 7.95. The lowest BCUT2D eigenvalue weighted by Crippen LogP contribution is -2.28. The number of aryl methyl sites for hydroxylation is 1. The van der Waals surface area contributed by atoms with Gasteiger partial charge >= 0.3 is 5.97 Å². The highest BCUT2D eigenvalue weighted by atomic mass is 16.6. The minimum Gasteiger partial charge on any atom is -0.453 e. The second kappa shape index (κ2) is 10.4. The van der Waals surface area contributed by atoms with Crippen molar-refractivity contribution in [1.29, 1.82) is 0 Å². The maximum atomic E-state index is 11.9.